The van der Waals surface area contributed by atoms with Crippen LogP contribution in [0.2, 0.25) is 10.0 Å². The largest absolute Gasteiger partial charge is 0.308 e. The van der Waals surface area contributed by atoms with Gasteiger partial charge in [-0.25, -0.2) is 0 Å². The summed E-state index contributed by atoms with van der Waals surface area (Å²) in [5.74, 6) is 0.647. The minimum absolute atomic E-state index is 0.0847. The first-order chi connectivity index (χ1) is 13.6. The number of rotatable bonds is 3. The molecule has 3 aliphatic rings. The highest BCUT2D eigenvalue weighted by molar-refractivity contribution is 6.39. The van der Waals surface area contributed by atoms with E-state index < -0.39 is 0 Å². The fourth-order valence-electron chi connectivity index (χ4n) is 4.45. The van der Waals surface area contributed by atoms with Gasteiger partial charge in [0.15, 0.2) is 5.82 Å². The SMILES string of the molecule is O=C(Nc1n[nH]c2ccc(-c3c(Cl)cccc3Cl)cc12)C12CCN(CC1)CC2. The van der Waals surface area contributed by atoms with Gasteiger partial charge in [-0.15, -0.1) is 0 Å². The van der Waals surface area contributed by atoms with Gasteiger partial charge in [0.2, 0.25) is 5.91 Å². The molecule has 28 heavy (non-hydrogen) atoms. The quantitative estimate of drug-likeness (QED) is 0.636. The summed E-state index contributed by atoms with van der Waals surface area (Å²) in [5.41, 5.74) is 2.27. The first-order valence-corrected chi connectivity index (χ1v) is 10.3. The van der Waals surface area contributed by atoms with E-state index in [2.05, 4.69) is 20.4 Å². The van der Waals surface area contributed by atoms with Crippen LogP contribution in [0.5, 0.6) is 0 Å². The molecule has 5 nitrogen and oxygen atoms in total. The Hall–Kier alpha value is -2.08. The van der Waals surface area contributed by atoms with Crippen molar-refractivity contribution in [1.82, 2.24) is 15.1 Å². The number of anilines is 1. The van der Waals surface area contributed by atoms with Crippen molar-refractivity contribution in [3.05, 3.63) is 46.4 Å². The Morgan fingerprint density at radius 3 is 2.43 bits per heavy atom. The van der Waals surface area contributed by atoms with Gasteiger partial charge in [-0.1, -0.05) is 35.3 Å². The molecular weight excluding hydrogens is 395 g/mol. The fourth-order valence-corrected chi connectivity index (χ4v) is 5.06. The van der Waals surface area contributed by atoms with Crippen molar-refractivity contribution >= 4 is 45.8 Å². The topological polar surface area (TPSA) is 61.0 Å². The number of benzene rings is 2. The summed E-state index contributed by atoms with van der Waals surface area (Å²) in [6.07, 6.45) is 2.75. The zero-order chi connectivity index (χ0) is 19.3. The van der Waals surface area contributed by atoms with Crippen molar-refractivity contribution in [1.29, 1.82) is 0 Å². The minimum atomic E-state index is -0.260. The number of nitrogens with zero attached hydrogens (tertiary/aromatic N) is 2. The van der Waals surface area contributed by atoms with Crippen LogP contribution in [0.15, 0.2) is 36.4 Å². The lowest BCUT2D eigenvalue weighted by Gasteiger charge is -2.46. The normalized spacial score (nSPS) is 23.9. The standard InChI is InChI=1S/C21H20Cl2N4O/c22-15-2-1-3-16(23)18(15)13-4-5-17-14(12-13)19(26-25-17)24-20(28)21-6-9-27(10-7-21)11-8-21/h1-5,12H,6-11H2,(H2,24,25,26,28). The van der Waals surface area contributed by atoms with Crippen LogP contribution in [0.3, 0.4) is 0 Å². The molecule has 7 heteroatoms. The lowest BCUT2D eigenvalue weighted by Crippen LogP contribution is -2.53. The molecule has 2 bridgehead atoms. The molecule has 144 valence electrons. The molecule has 0 saturated carbocycles. The second-order valence-electron chi connectivity index (χ2n) is 7.76. The Balaban J connectivity index is 1.50. The van der Waals surface area contributed by atoms with Gasteiger partial charge >= 0.3 is 0 Å². The van der Waals surface area contributed by atoms with Gasteiger partial charge in [-0.3, -0.25) is 9.89 Å². The van der Waals surface area contributed by atoms with Gasteiger partial charge in [0.05, 0.1) is 10.9 Å². The number of aromatic nitrogens is 2. The Morgan fingerprint density at radius 1 is 1.07 bits per heavy atom. The first kappa shape index (κ1) is 18.0. The number of carbonyl (C=O) groups is 1. The van der Waals surface area contributed by atoms with Gasteiger partial charge in [-0.05, 0) is 68.7 Å². The van der Waals surface area contributed by atoms with Gasteiger partial charge in [0, 0.05) is 21.0 Å². The predicted molar refractivity (Wildman–Crippen MR) is 113 cm³/mol. The van der Waals surface area contributed by atoms with E-state index in [0.717, 1.165) is 60.9 Å². The molecule has 0 aliphatic carbocycles. The van der Waals surface area contributed by atoms with Crippen molar-refractivity contribution < 1.29 is 4.79 Å². The third-order valence-electron chi connectivity index (χ3n) is 6.25. The number of fused-ring (bicyclic) bond motifs is 4. The lowest BCUT2D eigenvalue weighted by atomic mass is 9.71. The highest BCUT2D eigenvalue weighted by atomic mass is 35.5. The van der Waals surface area contributed by atoms with E-state index in [1.54, 1.807) is 0 Å². The van der Waals surface area contributed by atoms with Gasteiger partial charge in [0.25, 0.3) is 0 Å². The number of hydrogen-bond acceptors (Lipinski definition) is 3. The summed E-state index contributed by atoms with van der Waals surface area (Å²) in [6, 6.07) is 11.3. The van der Waals surface area contributed by atoms with Crippen molar-refractivity contribution in [2.24, 2.45) is 5.41 Å². The summed E-state index contributed by atoms with van der Waals surface area (Å²) in [6.45, 7) is 3.01. The molecule has 1 aromatic heterocycles. The third kappa shape index (κ3) is 2.89. The highest BCUT2D eigenvalue weighted by Gasteiger charge is 2.45. The van der Waals surface area contributed by atoms with Crippen LogP contribution in [-0.4, -0.2) is 40.6 Å². The Bertz CT molecular complexity index is 1040. The van der Waals surface area contributed by atoms with Crippen LogP contribution < -0.4 is 5.32 Å². The Morgan fingerprint density at radius 2 is 1.75 bits per heavy atom. The van der Waals surface area contributed by atoms with Gasteiger partial charge in [-0.2, -0.15) is 5.10 Å². The molecule has 0 atom stereocenters. The van der Waals surface area contributed by atoms with Crippen LogP contribution >= 0.6 is 23.2 Å². The van der Waals surface area contributed by atoms with E-state index >= 15 is 0 Å². The van der Waals surface area contributed by atoms with E-state index in [1.165, 1.54) is 0 Å². The van der Waals surface area contributed by atoms with E-state index in [4.69, 9.17) is 23.2 Å². The van der Waals surface area contributed by atoms with Crippen LogP contribution in [0.1, 0.15) is 19.3 Å². The Labute approximate surface area is 173 Å². The second kappa shape index (κ2) is 6.76. The number of piperidine rings is 3. The van der Waals surface area contributed by atoms with Crippen LogP contribution in [0.4, 0.5) is 5.82 Å². The molecule has 3 saturated heterocycles. The van der Waals surface area contributed by atoms with Crippen molar-refractivity contribution in [3.63, 3.8) is 0 Å². The molecule has 3 aliphatic heterocycles. The number of nitrogens with one attached hydrogen (secondary N) is 2. The molecule has 0 radical (unpaired) electrons. The lowest BCUT2D eigenvalue weighted by molar-refractivity contribution is -0.132. The number of aromatic amines is 1. The van der Waals surface area contributed by atoms with Crippen LogP contribution in [0.25, 0.3) is 22.0 Å². The molecule has 3 fully saturated rings. The molecule has 3 aromatic rings. The third-order valence-corrected chi connectivity index (χ3v) is 6.88. The average Bonchev–Trinajstić information content (AvgIpc) is 3.11. The maximum Gasteiger partial charge on any atom is 0.231 e. The van der Waals surface area contributed by atoms with Gasteiger partial charge in [0.1, 0.15) is 0 Å². The maximum atomic E-state index is 13.1. The maximum absolute atomic E-state index is 13.1. The monoisotopic (exact) mass is 414 g/mol. The van der Waals surface area contributed by atoms with Crippen molar-refractivity contribution in [2.45, 2.75) is 19.3 Å². The van der Waals surface area contributed by atoms with E-state index in [0.29, 0.717) is 15.9 Å². The summed E-state index contributed by atoms with van der Waals surface area (Å²) >= 11 is 12.7. The van der Waals surface area contributed by atoms with Crippen LogP contribution in [-0.2, 0) is 4.79 Å². The molecule has 0 spiro atoms. The van der Waals surface area contributed by atoms with E-state index in [-0.39, 0.29) is 11.3 Å². The highest BCUT2D eigenvalue weighted by Crippen LogP contribution is 2.41. The van der Waals surface area contributed by atoms with E-state index in [9.17, 15) is 4.79 Å². The molecule has 2 aromatic carbocycles. The smallest absolute Gasteiger partial charge is 0.231 e. The molecule has 2 N–H and O–H groups in total. The number of halogens is 2. The minimum Gasteiger partial charge on any atom is -0.308 e. The van der Waals surface area contributed by atoms with Crippen LogP contribution in [0, 0.1) is 5.41 Å². The van der Waals surface area contributed by atoms with Crippen molar-refractivity contribution in [3.8, 4) is 11.1 Å². The fraction of sp³-hybridized carbons (Fsp3) is 0.333. The zero-order valence-corrected chi connectivity index (χ0v) is 16.8. The number of hydrogen-bond donors (Lipinski definition) is 2. The number of amides is 1. The molecular formula is C21H20Cl2N4O. The molecule has 1 amide bonds. The number of H-pyrrole nitrogens is 1. The molecule has 4 heterocycles. The molecule has 6 rings (SSSR count). The Kier molecular flexibility index (Phi) is 4.34. The van der Waals surface area contributed by atoms with Crippen molar-refractivity contribution in [2.75, 3.05) is 25.0 Å². The molecule has 0 unspecified atom stereocenters. The van der Waals surface area contributed by atoms with Gasteiger partial charge < -0.3 is 10.2 Å². The first-order valence-electron chi connectivity index (χ1n) is 9.52. The zero-order valence-electron chi connectivity index (χ0n) is 15.3. The number of carbonyl (C=O) groups excluding carboxylic acids is 1. The predicted octanol–water partition coefficient (Wildman–Crippen LogP) is 4.96. The van der Waals surface area contributed by atoms with E-state index in [1.807, 2.05) is 36.4 Å². The summed E-state index contributed by atoms with van der Waals surface area (Å²) in [7, 11) is 0. The summed E-state index contributed by atoms with van der Waals surface area (Å²) < 4.78 is 0. The average molecular weight is 415 g/mol. The second-order valence-corrected chi connectivity index (χ2v) is 8.57. The summed E-state index contributed by atoms with van der Waals surface area (Å²) in [5, 5.41) is 12.5. The summed E-state index contributed by atoms with van der Waals surface area (Å²) in [4.78, 5) is 15.6.